The molecule has 108 valence electrons. The molecule has 4 heteroatoms. The van der Waals surface area contributed by atoms with Gasteiger partial charge in [-0.3, -0.25) is 4.79 Å². The first-order valence-electron chi connectivity index (χ1n) is 6.79. The first-order valence-corrected chi connectivity index (χ1v) is 6.79. The van der Waals surface area contributed by atoms with Crippen LogP contribution in [0.15, 0.2) is 54.6 Å². The molecule has 0 unspecified atom stereocenters. The lowest BCUT2D eigenvalue weighted by molar-refractivity contribution is 0.101. The Bertz CT molecular complexity index is 638. The smallest absolute Gasteiger partial charge is 0.319 e. The zero-order valence-corrected chi connectivity index (χ0v) is 12.1. The molecule has 2 N–H and O–H groups in total. The third kappa shape index (κ3) is 4.18. The Morgan fingerprint density at radius 3 is 2.38 bits per heavy atom. The summed E-state index contributed by atoms with van der Waals surface area (Å²) in [5.41, 5.74) is 2.20. The molecule has 1 atom stereocenters. The molecule has 2 rings (SSSR count). The van der Waals surface area contributed by atoms with E-state index in [-0.39, 0.29) is 17.9 Å². The molecule has 0 heterocycles. The van der Waals surface area contributed by atoms with Crippen molar-refractivity contribution in [3.8, 4) is 0 Å². The van der Waals surface area contributed by atoms with Gasteiger partial charge in [-0.2, -0.15) is 0 Å². The Balaban J connectivity index is 1.99. The van der Waals surface area contributed by atoms with Gasteiger partial charge in [-0.1, -0.05) is 42.5 Å². The lowest BCUT2D eigenvalue weighted by Gasteiger charge is -2.15. The quantitative estimate of drug-likeness (QED) is 0.839. The van der Waals surface area contributed by atoms with Crippen molar-refractivity contribution in [3.63, 3.8) is 0 Å². The van der Waals surface area contributed by atoms with Crippen molar-refractivity contribution in [1.82, 2.24) is 5.32 Å². The number of urea groups is 1. The maximum atomic E-state index is 12.0. The normalized spacial score (nSPS) is 11.5. The topological polar surface area (TPSA) is 58.2 Å². The summed E-state index contributed by atoms with van der Waals surface area (Å²) in [5, 5.41) is 5.59. The Labute approximate surface area is 124 Å². The monoisotopic (exact) mass is 282 g/mol. The Kier molecular flexibility index (Phi) is 4.72. The lowest BCUT2D eigenvalue weighted by Crippen LogP contribution is -2.31. The van der Waals surface area contributed by atoms with Gasteiger partial charge >= 0.3 is 6.03 Å². The number of carbonyl (C=O) groups excluding carboxylic acids is 2. The molecule has 0 radical (unpaired) electrons. The van der Waals surface area contributed by atoms with Gasteiger partial charge in [0.05, 0.1) is 6.04 Å². The predicted molar refractivity (Wildman–Crippen MR) is 83.5 cm³/mol. The second-order valence-electron chi connectivity index (χ2n) is 4.87. The molecule has 0 aliphatic heterocycles. The molecule has 0 spiro atoms. The Morgan fingerprint density at radius 1 is 1.00 bits per heavy atom. The molecule has 2 amide bonds. The molecular weight excluding hydrogens is 264 g/mol. The molecule has 2 aromatic rings. The maximum Gasteiger partial charge on any atom is 0.319 e. The van der Waals surface area contributed by atoms with E-state index in [1.165, 1.54) is 6.92 Å². The fourth-order valence-corrected chi connectivity index (χ4v) is 2.00. The predicted octanol–water partition coefficient (Wildman–Crippen LogP) is 3.77. The van der Waals surface area contributed by atoms with E-state index in [9.17, 15) is 9.59 Å². The number of benzene rings is 2. The van der Waals surface area contributed by atoms with Gasteiger partial charge < -0.3 is 10.6 Å². The highest BCUT2D eigenvalue weighted by molar-refractivity contribution is 5.96. The number of rotatable bonds is 4. The van der Waals surface area contributed by atoms with Crippen molar-refractivity contribution in [2.24, 2.45) is 0 Å². The molecule has 0 aromatic heterocycles. The fourth-order valence-electron chi connectivity index (χ4n) is 2.00. The number of nitrogens with one attached hydrogen (secondary N) is 2. The van der Waals surface area contributed by atoms with Gasteiger partial charge in [0, 0.05) is 11.3 Å². The molecule has 0 saturated heterocycles. The SMILES string of the molecule is CC(=O)c1cccc(NC(=O)N[C@H](C)c2ccccc2)c1. The van der Waals surface area contributed by atoms with E-state index in [4.69, 9.17) is 0 Å². The van der Waals surface area contributed by atoms with E-state index < -0.39 is 0 Å². The van der Waals surface area contributed by atoms with Crippen LogP contribution in [0.5, 0.6) is 0 Å². The minimum Gasteiger partial charge on any atom is -0.331 e. The summed E-state index contributed by atoms with van der Waals surface area (Å²) in [6, 6.07) is 16.2. The second-order valence-corrected chi connectivity index (χ2v) is 4.87. The molecular formula is C17H18N2O2. The van der Waals surface area contributed by atoms with Gasteiger partial charge in [-0.15, -0.1) is 0 Å². The van der Waals surface area contributed by atoms with Gasteiger partial charge in [-0.05, 0) is 31.5 Å². The van der Waals surface area contributed by atoms with Crippen LogP contribution in [0.1, 0.15) is 35.8 Å². The Hall–Kier alpha value is -2.62. The number of amides is 2. The zero-order valence-electron chi connectivity index (χ0n) is 12.1. The van der Waals surface area contributed by atoms with Gasteiger partial charge in [0.15, 0.2) is 5.78 Å². The van der Waals surface area contributed by atoms with E-state index in [0.717, 1.165) is 5.56 Å². The van der Waals surface area contributed by atoms with Crippen molar-refractivity contribution < 1.29 is 9.59 Å². The Morgan fingerprint density at radius 2 is 1.71 bits per heavy atom. The lowest BCUT2D eigenvalue weighted by atomic mass is 10.1. The van der Waals surface area contributed by atoms with E-state index in [2.05, 4.69) is 10.6 Å². The van der Waals surface area contributed by atoms with Crippen LogP contribution in [-0.4, -0.2) is 11.8 Å². The third-order valence-corrected chi connectivity index (χ3v) is 3.17. The minimum absolute atomic E-state index is 0.0308. The van der Waals surface area contributed by atoms with Gasteiger partial charge in [0.25, 0.3) is 0 Å². The number of carbonyl (C=O) groups is 2. The van der Waals surface area contributed by atoms with Crippen molar-refractivity contribution in [1.29, 1.82) is 0 Å². The van der Waals surface area contributed by atoms with Gasteiger partial charge in [0.1, 0.15) is 0 Å². The summed E-state index contributed by atoms with van der Waals surface area (Å²) in [6.45, 7) is 3.41. The van der Waals surface area contributed by atoms with Crippen LogP contribution in [0.25, 0.3) is 0 Å². The maximum absolute atomic E-state index is 12.0. The highest BCUT2D eigenvalue weighted by atomic mass is 16.2. The molecule has 0 saturated carbocycles. The molecule has 21 heavy (non-hydrogen) atoms. The first-order chi connectivity index (χ1) is 10.1. The van der Waals surface area contributed by atoms with Crippen molar-refractivity contribution in [3.05, 3.63) is 65.7 Å². The molecule has 2 aromatic carbocycles. The standard InChI is InChI=1S/C17H18N2O2/c1-12(14-7-4-3-5-8-14)18-17(21)19-16-10-6-9-15(11-16)13(2)20/h3-12H,1-2H3,(H2,18,19,21)/t12-/m1/s1. The van der Waals surface area contributed by atoms with Crippen LogP contribution >= 0.6 is 0 Å². The number of Topliss-reactive ketones (excluding diaryl/α,β-unsaturated/α-hetero) is 1. The first kappa shape index (κ1) is 14.8. The number of hydrogen-bond acceptors (Lipinski definition) is 2. The zero-order chi connectivity index (χ0) is 15.2. The summed E-state index contributed by atoms with van der Waals surface area (Å²) < 4.78 is 0. The molecule has 0 bridgehead atoms. The molecule has 0 aliphatic rings. The van der Waals surface area contributed by atoms with Gasteiger partial charge in [-0.25, -0.2) is 4.79 Å². The summed E-state index contributed by atoms with van der Waals surface area (Å²) in [4.78, 5) is 23.3. The highest BCUT2D eigenvalue weighted by Crippen LogP contribution is 2.13. The van der Waals surface area contributed by atoms with Crippen LogP contribution in [0.4, 0.5) is 10.5 Å². The highest BCUT2D eigenvalue weighted by Gasteiger charge is 2.09. The number of hydrogen-bond donors (Lipinski definition) is 2. The van der Waals surface area contributed by atoms with Crippen LogP contribution in [-0.2, 0) is 0 Å². The summed E-state index contributed by atoms with van der Waals surface area (Å²) in [6.07, 6.45) is 0. The largest absolute Gasteiger partial charge is 0.331 e. The third-order valence-electron chi connectivity index (χ3n) is 3.17. The van der Waals surface area contributed by atoms with Crippen molar-refractivity contribution in [2.45, 2.75) is 19.9 Å². The van der Waals surface area contributed by atoms with Crippen LogP contribution in [0, 0.1) is 0 Å². The summed E-state index contributed by atoms with van der Waals surface area (Å²) in [7, 11) is 0. The number of ketones is 1. The van der Waals surface area contributed by atoms with Crippen LogP contribution in [0.2, 0.25) is 0 Å². The van der Waals surface area contributed by atoms with Gasteiger partial charge in [0.2, 0.25) is 0 Å². The minimum atomic E-state index is -0.299. The van der Waals surface area contributed by atoms with E-state index in [1.807, 2.05) is 37.3 Å². The molecule has 0 fully saturated rings. The molecule has 4 nitrogen and oxygen atoms in total. The second kappa shape index (κ2) is 6.70. The van der Waals surface area contributed by atoms with Crippen LogP contribution < -0.4 is 10.6 Å². The molecule has 0 aliphatic carbocycles. The average Bonchev–Trinajstić information content (AvgIpc) is 2.48. The number of anilines is 1. The van der Waals surface area contributed by atoms with E-state index in [0.29, 0.717) is 11.3 Å². The van der Waals surface area contributed by atoms with Crippen LogP contribution in [0.3, 0.4) is 0 Å². The van der Waals surface area contributed by atoms with E-state index in [1.54, 1.807) is 24.3 Å². The van der Waals surface area contributed by atoms with Crippen molar-refractivity contribution in [2.75, 3.05) is 5.32 Å². The van der Waals surface area contributed by atoms with E-state index >= 15 is 0 Å². The summed E-state index contributed by atoms with van der Waals surface area (Å²) in [5.74, 6) is -0.0308. The average molecular weight is 282 g/mol. The van der Waals surface area contributed by atoms with Crippen molar-refractivity contribution >= 4 is 17.5 Å². The summed E-state index contributed by atoms with van der Waals surface area (Å²) >= 11 is 0. The fraction of sp³-hybridized carbons (Fsp3) is 0.176.